The molecule has 0 radical (unpaired) electrons. The van der Waals surface area contributed by atoms with Gasteiger partial charge >= 0.3 is 4.87 Å². The van der Waals surface area contributed by atoms with E-state index in [-0.39, 0.29) is 16.5 Å². The highest BCUT2D eigenvalue weighted by Crippen LogP contribution is 2.27. The van der Waals surface area contributed by atoms with Crippen molar-refractivity contribution in [2.24, 2.45) is 0 Å². The molecular formula is C28H40N4O4S. The van der Waals surface area contributed by atoms with Crippen molar-refractivity contribution in [2.75, 3.05) is 59.0 Å². The third kappa shape index (κ3) is 9.27. The second-order valence-corrected chi connectivity index (χ2v) is 9.95. The fourth-order valence-corrected chi connectivity index (χ4v) is 5.15. The third-order valence-corrected chi connectivity index (χ3v) is 7.50. The summed E-state index contributed by atoms with van der Waals surface area (Å²) in [6.45, 7) is 10.8. The summed E-state index contributed by atoms with van der Waals surface area (Å²) in [6, 6.07) is 13.7. The summed E-state index contributed by atoms with van der Waals surface area (Å²) in [5.74, 6) is 0.211. The zero-order valence-electron chi connectivity index (χ0n) is 22.0. The predicted molar refractivity (Wildman–Crippen MR) is 151 cm³/mol. The molecule has 0 aliphatic rings. The Kier molecular flexibility index (Phi) is 12.1. The van der Waals surface area contributed by atoms with Gasteiger partial charge in [-0.3, -0.25) is 9.59 Å². The second kappa shape index (κ2) is 15.5. The maximum atomic E-state index is 13.0. The van der Waals surface area contributed by atoms with Gasteiger partial charge in [0.05, 0.1) is 24.3 Å². The maximum Gasteiger partial charge on any atom is 0.305 e. The number of H-pyrrole nitrogens is 1. The Bertz CT molecular complexity index is 1140. The van der Waals surface area contributed by atoms with E-state index in [2.05, 4.69) is 41.2 Å². The van der Waals surface area contributed by atoms with Crippen LogP contribution in [0.25, 0.3) is 10.2 Å². The van der Waals surface area contributed by atoms with Crippen LogP contribution in [-0.2, 0) is 22.4 Å². The van der Waals surface area contributed by atoms with Crippen LogP contribution in [0.5, 0.6) is 5.75 Å². The summed E-state index contributed by atoms with van der Waals surface area (Å²) in [6.07, 6.45) is 1.95. The molecule has 0 aliphatic heterocycles. The van der Waals surface area contributed by atoms with Crippen molar-refractivity contribution >= 4 is 27.5 Å². The third-order valence-electron chi connectivity index (χ3n) is 6.54. The molecule has 0 spiro atoms. The van der Waals surface area contributed by atoms with Crippen LogP contribution in [0.2, 0.25) is 0 Å². The number of amides is 1. The van der Waals surface area contributed by atoms with Gasteiger partial charge in [-0.05, 0) is 49.7 Å². The normalized spacial score (nSPS) is 11.4. The average Bonchev–Trinajstić information content (AvgIpc) is 3.31. The molecule has 3 rings (SSSR count). The summed E-state index contributed by atoms with van der Waals surface area (Å²) in [4.78, 5) is 31.5. The number of aromatic nitrogens is 1. The second-order valence-electron chi connectivity index (χ2n) is 8.97. The first-order chi connectivity index (χ1) is 18.0. The minimum absolute atomic E-state index is 0.0939. The summed E-state index contributed by atoms with van der Waals surface area (Å²) in [5, 5.41) is 13.4. The molecular weight excluding hydrogens is 488 g/mol. The van der Waals surface area contributed by atoms with Gasteiger partial charge < -0.3 is 29.9 Å². The molecule has 1 heterocycles. The van der Waals surface area contributed by atoms with Gasteiger partial charge in [-0.2, -0.15) is 0 Å². The van der Waals surface area contributed by atoms with Gasteiger partial charge in [0.15, 0.2) is 0 Å². The van der Waals surface area contributed by atoms with E-state index in [1.807, 2.05) is 29.2 Å². The minimum Gasteiger partial charge on any atom is -0.506 e. The highest BCUT2D eigenvalue weighted by molar-refractivity contribution is 7.16. The van der Waals surface area contributed by atoms with Crippen LogP contribution in [0.15, 0.2) is 47.3 Å². The topological polar surface area (TPSA) is 97.9 Å². The van der Waals surface area contributed by atoms with Crippen LogP contribution in [0.4, 0.5) is 0 Å². The molecule has 0 saturated heterocycles. The smallest absolute Gasteiger partial charge is 0.305 e. The molecule has 3 N–H and O–H groups in total. The molecule has 0 aliphatic carbocycles. The molecule has 0 atom stereocenters. The van der Waals surface area contributed by atoms with Gasteiger partial charge in [0, 0.05) is 26.2 Å². The number of hydrogen-bond donors (Lipinski definition) is 3. The molecule has 0 saturated carbocycles. The van der Waals surface area contributed by atoms with Crippen molar-refractivity contribution < 1.29 is 14.6 Å². The number of carbonyl (C=O) groups excluding carboxylic acids is 1. The zero-order valence-corrected chi connectivity index (χ0v) is 22.8. The minimum atomic E-state index is -0.169. The summed E-state index contributed by atoms with van der Waals surface area (Å²) in [5.41, 5.74) is 2.76. The lowest BCUT2D eigenvalue weighted by atomic mass is 10.1. The van der Waals surface area contributed by atoms with E-state index in [1.54, 1.807) is 6.07 Å². The molecule has 8 nitrogen and oxygen atoms in total. The Balaban J connectivity index is 1.43. The van der Waals surface area contributed by atoms with Gasteiger partial charge in [0.25, 0.3) is 0 Å². The Hall–Kier alpha value is -2.72. The number of carbonyl (C=O) groups is 1. The number of ether oxygens (including phenoxy) is 1. The summed E-state index contributed by atoms with van der Waals surface area (Å²) in [7, 11) is 0. The highest BCUT2D eigenvalue weighted by atomic mass is 32.1. The monoisotopic (exact) mass is 528 g/mol. The molecule has 1 aromatic heterocycles. The van der Waals surface area contributed by atoms with E-state index in [9.17, 15) is 14.7 Å². The standard InChI is InChI=1S/C28H40N4O4S/c1-3-31(4-2)18-19-32(25(34)14-21-36-20-13-22-8-6-5-7-9-22)17-16-29-15-12-23-10-11-24(33)26-27(23)37-28(35)30-26/h5-11,29,33H,3-4,12-21H2,1-2H3,(H,30,35). The zero-order chi connectivity index (χ0) is 26.5. The number of nitrogens with one attached hydrogen (secondary N) is 2. The van der Waals surface area contributed by atoms with E-state index in [1.165, 1.54) is 5.56 Å². The first-order valence-corrected chi connectivity index (χ1v) is 14.0. The van der Waals surface area contributed by atoms with E-state index >= 15 is 0 Å². The maximum absolute atomic E-state index is 13.0. The summed E-state index contributed by atoms with van der Waals surface area (Å²) < 4.78 is 6.55. The van der Waals surface area contributed by atoms with E-state index in [4.69, 9.17) is 4.74 Å². The highest BCUT2D eigenvalue weighted by Gasteiger charge is 2.15. The van der Waals surface area contributed by atoms with Gasteiger partial charge in [-0.25, -0.2) is 0 Å². The van der Waals surface area contributed by atoms with E-state index < -0.39 is 0 Å². The molecule has 2 aromatic carbocycles. The molecule has 3 aromatic rings. The van der Waals surface area contributed by atoms with Crippen molar-refractivity contribution in [3.05, 3.63) is 63.3 Å². The largest absolute Gasteiger partial charge is 0.506 e. The van der Waals surface area contributed by atoms with Gasteiger partial charge in [-0.15, -0.1) is 0 Å². The number of benzene rings is 2. The van der Waals surface area contributed by atoms with Crippen molar-refractivity contribution in [1.29, 1.82) is 0 Å². The molecule has 0 unspecified atom stereocenters. The fraction of sp³-hybridized carbons (Fsp3) is 0.500. The Morgan fingerprint density at radius 2 is 1.78 bits per heavy atom. The van der Waals surface area contributed by atoms with Gasteiger partial charge in [0.2, 0.25) is 5.91 Å². The van der Waals surface area contributed by atoms with Crippen LogP contribution in [0.3, 0.4) is 0 Å². The number of nitrogens with zero attached hydrogens (tertiary/aromatic N) is 2. The lowest BCUT2D eigenvalue weighted by molar-refractivity contribution is -0.132. The molecule has 1 amide bonds. The van der Waals surface area contributed by atoms with Crippen LogP contribution in [0.1, 0.15) is 31.4 Å². The molecule has 9 heteroatoms. The predicted octanol–water partition coefficient (Wildman–Crippen LogP) is 3.25. The summed E-state index contributed by atoms with van der Waals surface area (Å²) >= 11 is 1.12. The fourth-order valence-electron chi connectivity index (χ4n) is 4.25. The number of thiazole rings is 1. The van der Waals surface area contributed by atoms with Gasteiger partial charge in [0.1, 0.15) is 11.3 Å². The first-order valence-electron chi connectivity index (χ1n) is 13.2. The van der Waals surface area contributed by atoms with E-state index in [0.717, 1.165) is 54.1 Å². The number of aromatic hydroxyl groups is 1. The number of likely N-dealkylation sites (N-methyl/N-ethyl adjacent to an activating group) is 1. The quantitative estimate of drug-likeness (QED) is 0.233. The number of phenols is 1. The van der Waals surface area contributed by atoms with Crippen LogP contribution in [-0.4, -0.2) is 84.8 Å². The number of phenolic OH excluding ortho intramolecular Hbond substituents is 1. The first kappa shape index (κ1) is 28.8. The molecule has 37 heavy (non-hydrogen) atoms. The lowest BCUT2D eigenvalue weighted by Gasteiger charge is -2.27. The number of aromatic amines is 1. The average molecular weight is 529 g/mol. The van der Waals surface area contributed by atoms with Crippen LogP contribution < -0.4 is 10.2 Å². The van der Waals surface area contributed by atoms with Crippen LogP contribution >= 0.6 is 11.3 Å². The van der Waals surface area contributed by atoms with Gasteiger partial charge in [-0.1, -0.05) is 61.6 Å². The van der Waals surface area contributed by atoms with Crippen LogP contribution in [0, 0.1) is 0 Å². The molecule has 0 bridgehead atoms. The van der Waals surface area contributed by atoms with Crippen molar-refractivity contribution in [2.45, 2.75) is 33.1 Å². The molecule has 0 fully saturated rings. The number of rotatable bonds is 17. The number of fused-ring (bicyclic) bond motifs is 1. The Morgan fingerprint density at radius 1 is 1.00 bits per heavy atom. The SMILES string of the molecule is CCN(CC)CCN(CCNCCc1ccc(O)c2[nH]c(=O)sc12)C(=O)CCOCCc1ccccc1. The van der Waals surface area contributed by atoms with Crippen molar-refractivity contribution in [1.82, 2.24) is 20.1 Å². The van der Waals surface area contributed by atoms with Crippen molar-refractivity contribution in [3.8, 4) is 5.75 Å². The lowest BCUT2D eigenvalue weighted by Crippen LogP contribution is -2.42. The Labute approximate surface area is 223 Å². The number of hydrogen-bond acceptors (Lipinski definition) is 7. The van der Waals surface area contributed by atoms with E-state index in [0.29, 0.717) is 51.3 Å². The van der Waals surface area contributed by atoms with Crippen molar-refractivity contribution in [3.63, 3.8) is 0 Å². The Morgan fingerprint density at radius 3 is 2.54 bits per heavy atom. The molecule has 202 valence electrons.